The molecule has 7 heteroatoms. The van der Waals surface area contributed by atoms with Crippen molar-refractivity contribution in [3.05, 3.63) is 35.4 Å². The Morgan fingerprint density at radius 3 is 2.55 bits per heavy atom. The van der Waals surface area contributed by atoms with Crippen molar-refractivity contribution in [1.29, 1.82) is 5.26 Å². The van der Waals surface area contributed by atoms with Gasteiger partial charge in [-0.05, 0) is 17.7 Å². The van der Waals surface area contributed by atoms with Gasteiger partial charge in [-0.3, -0.25) is 9.59 Å². The van der Waals surface area contributed by atoms with E-state index in [1.165, 1.54) is 7.11 Å². The summed E-state index contributed by atoms with van der Waals surface area (Å²) in [4.78, 5) is 23.1. The second-order valence-electron chi connectivity index (χ2n) is 4.58. The summed E-state index contributed by atoms with van der Waals surface area (Å²) in [6.45, 7) is 0.513. The van der Waals surface area contributed by atoms with Crippen LogP contribution < -0.4 is 11.1 Å². The number of primary amides is 1. The van der Waals surface area contributed by atoms with Crippen LogP contribution in [0.1, 0.15) is 11.1 Å². The Kier molecular flexibility index (Phi) is 7.61. The molecule has 1 rings (SSSR count). The zero-order valence-corrected chi connectivity index (χ0v) is 12.4. The lowest BCUT2D eigenvalue weighted by Gasteiger charge is -2.15. The Morgan fingerprint density at radius 1 is 1.32 bits per heavy atom. The lowest BCUT2D eigenvalue weighted by atomic mass is 10.0. The molecule has 0 spiro atoms. The van der Waals surface area contributed by atoms with E-state index in [-0.39, 0.29) is 13.0 Å². The van der Waals surface area contributed by atoms with E-state index in [9.17, 15) is 9.59 Å². The summed E-state index contributed by atoms with van der Waals surface area (Å²) in [5.41, 5.74) is 6.62. The molecule has 0 aliphatic carbocycles. The monoisotopic (exact) mass is 305 g/mol. The smallest absolute Gasteiger partial charge is 0.246 e. The zero-order valence-electron chi connectivity index (χ0n) is 12.4. The number of methoxy groups -OCH3 is 1. The molecule has 0 saturated heterocycles. The van der Waals surface area contributed by atoms with E-state index in [0.29, 0.717) is 18.8 Å². The first-order valence-corrected chi connectivity index (χ1v) is 6.71. The molecule has 0 bridgehead atoms. The van der Waals surface area contributed by atoms with Crippen molar-refractivity contribution in [2.75, 3.05) is 26.9 Å². The maximum absolute atomic E-state index is 11.7. The Hall–Kier alpha value is -2.43. The van der Waals surface area contributed by atoms with E-state index >= 15 is 0 Å². The summed E-state index contributed by atoms with van der Waals surface area (Å²) < 4.78 is 9.86. The Bertz CT molecular complexity index is 537. The third kappa shape index (κ3) is 6.35. The molecule has 0 aromatic heterocycles. The highest BCUT2D eigenvalue weighted by atomic mass is 16.5. The number of nitrogens with one attached hydrogen (secondary N) is 1. The predicted octanol–water partition coefficient (Wildman–Crippen LogP) is -0.266. The number of nitriles is 1. The van der Waals surface area contributed by atoms with Gasteiger partial charge in [0.25, 0.3) is 0 Å². The number of nitrogens with zero attached hydrogens (tertiary/aromatic N) is 1. The molecule has 118 valence electrons. The van der Waals surface area contributed by atoms with Crippen LogP contribution >= 0.6 is 0 Å². The fourth-order valence-corrected chi connectivity index (χ4v) is 1.72. The average molecular weight is 305 g/mol. The molecular formula is C15H19N3O4. The number of benzene rings is 1. The molecule has 0 radical (unpaired) electrons. The first kappa shape index (κ1) is 17.6. The standard InChI is InChI=1S/C15H19N3O4/c1-21-6-7-22-10-14(19)18-13(15(17)20)8-11-2-4-12(9-16)5-3-11/h2-5,13H,6-8,10H2,1H3,(H2,17,20)(H,18,19)/t13-/m0/s1. The highest BCUT2D eigenvalue weighted by Gasteiger charge is 2.18. The van der Waals surface area contributed by atoms with Gasteiger partial charge in [0.1, 0.15) is 12.6 Å². The van der Waals surface area contributed by atoms with Crippen molar-refractivity contribution in [2.24, 2.45) is 5.73 Å². The van der Waals surface area contributed by atoms with Crippen molar-refractivity contribution < 1.29 is 19.1 Å². The largest absolute Gasteiger partial charge is 0.382 e. The van der Waals surface area contributed by atoms with Crippen LogP contribution in [-0.2, 0) is 25.5 Å². The minimum absolute atomic E-state index is 0.166. The van der Waals surface area contributed by atoms with Gasteiger partial charge in [-0.25, -0.2) is 0 Å². The van der Waals surface area contributed by atoms with E-state index in [1.54, 1.807) is 24.3 Å². The SMILES string of the molecule is COCCOCC(=O)N[C@@H](Cc1ccc(C#N)cc1)C(N)=O. The quantitative estimate of drug-likeness (QED) is 0.610. The van der Waals surface area contributed by atoms with Gasteiger partial charge in [0.05, 0.1) is 24.8 Å². The molecule has 0 aliphatic rings. The summed E-state index contributed by atoms with van der Waals surface area (Å²) >= 11 is 0. The summed E-state index contributed by atoms with van der Waals surface area (Å²) in [5, 5.41) is 11.3. The van der Waals surface area contributed by atoms with Crippen molar-refractivity contribution >= 4 is 11.8 Å². The maximum Gasteiger partial charge on any atom is 0.246 e. The molecule has 0 aliphatic heterocycles. The third-order valence-electron chi connectivity index (χ3n) is 2.87. The molecule has 2 amide bonds. The number of carbonyl (C=O) groups is 2. The average Bonchev–Trinajstić information content (AvgIpc) is 2.51. The normalized spacial score (nSPS) is 11.5. The summed E-state index contributed by atoms with van der Waals surface area (Å²) in [5.74, 6) is -1.05. The number of rotatable bonds is 9. The Balaban J connectivity index is 2.52. The maximum atomic E-state index is 11.7. The number of nitrogens with two attached hydrogens (primary N) is 1. The van der Waals surface area contributed by atoms with Gasteiger partial charge >= 0.3 is 0 Å². The molecule has 1 atom stereocenters. The lowest BCUT2D eigenvalue weighted by Crippen LogP contribution is -2.47. The van der Waals surface area contributed by atoms with Crippen molar-refractivity contribution in [2.45, 2.75) is 12.5 Å². The van der Waals surface area contributed by atoms with Gasteiger partial charge in [-0.2, -0.15) is 5.26 Å². The topological polar surface area (TPSA) is 114 Å². The van der Waals surface area contributed by atoms with Crippen LogP contribution in [0.15, 0.2) is 24.3 Å². The highest BCUT2D eigenvalue weighted by molar-refractivity contribution is 5.87. The zero-order chi connectivity index (χ0) is 16.4. The highest BCUT2D eigenvalue weighted by Crippen LogP contribution is 2.06. The summed E-state index contributed by atoms with van der Waals surface area (Å²) in [7, 11) is 1.53. The number of carbonyl (C=O) groups excluding carboxylic acids is 2. The van der Waals surface area contributed by atoms with Crippen LogP contribution in [0, 0.1) is 11.3 Å². The van der Waals surface area contributed by atoms with Crippen molar-refractivity contribution in [1.82, 2.24) is 5.32 Å². The van der Waals surface area contributed by atoms with Gasteiger partial charge in [0.15, 0.2) is 0 Å². The molecular weight excluding hydrogens is 286 g/mol. The van der Waals surface area contributed by atoms with Gasteiger partial charge in [0.2, 0.25) is 11.8 Å². The first-order valence-electron chi connectivity index (χ1n) is 6.71. The number of hydrogen-bond acceptors (Lipinski definition) is 5. The van der Waals surface area contributed by atoms with Gasteiger partial charge < -0.3 is 20.5 Å². The Morgan fingerprint density at radius 2 is 2.00 bits per heavy atom. The second-order valence-corrected chi connectivity index (χ2v) is 4.58. The minimum Gasteiger partial charge on any atom is -0.382 e. The lowest BCUT2D eigenvalue weighted by molar-refractivity contribution is -0.130. The molecule has 0 saturated carbocycles. The molecule has 7 nitrogen and oxygen atoms in total. The molecule has 0 unspecified atom stereocenters. The van der Waals surface area contributed by atoms with Crippen LogP contribution in [0.25, 0.3) is 0 Å². The van der Waals surface area contributed by atoms with Crippen molar-refractivity contribution in [3.8, 4) is 6.07 Å². The molecule has 0 heterocycles. The van der Waals surface area contributed by atoms with Crippen LogP contribution in [0.2, 0.25) is 0 Å². The predicted molar refractivity (Wildman–Crippen MR) is 78.7 cm³/mol. The van der Waals surface area contributed by atoms with E-state index in [4.69, 9.17) is 20.5 Å². The van der Waals surface area contributed by atoms with Crippen LogP contribution in [0.5, 0.6) is 0 Å². The van der Waals surface area contributed by atoms with E-state index in [0.717, 1.165) is 5.56 Å². The second kappa shape index (κ2) is 9.50. The van der Waals surface area contributed by atoms with Crippen LogP contribution in [-0.4, -0.2) is 44.8 Å². The fraction of sp³-hybridized carbons (Fsp3) is 0.400. The van der Waals surface area contributed by atoms with E-state index in [2.05, 4.69) is 5.32 Å². The van der Waals surface area contributed by atoms with E-state index in [1.807, 2.05) is 6.07 Å². The van der Waals surface area contributed by atoms with Crippen molar-refractivity contribution in [3.63, 3.8) is 0 Å². The van der Waals surface area contributed by atoms with Crippen LogP contribution in [0.3, 0.4) is 0 Å². The van der Waals surface area contributed by atoms with Gasteiger partial charge in [-0.1, -0.05) is 12.1 Å². The minimum atomic E-state index is -0.827. The molecule has 0 fully saturated rings. The summed E-state index contributed by atoms with van der Waals surface area (Å²) in [6, 6.07) is 7.90. The Labute approximate surface area is 129 Å². The van der Waals surface area contributed by atoms with Gasteiger partial charge in [0, 0.05) is 13.5 Å². The molecule has 1 aromatic rings. The van der Waals surface area contributed by atoms with E-state index < -0.39 is 17.9 Å². The van der Waals surface area contributed by atoms with Gasteiger partial charge in [-0.15, -0.1) is 0 Å². The number of amides is 2. The number of ether oxygens (including phenoxy) is 2. The first-order chi connectivity index (χ1) is 10.6. The summed E-state index contributed by atoms with van der Waals surface area (Å²) in [6.07, 6.45) is 0.255. The number of hydrogen-bond donors (Lipinski definition) is 2. The molecule has 1 aromatic carbocycles. The van der Waals surface area contributed by atoms with Crippen LogP contribution in [0.4, 0.5) is 0 Å². The fourth-order valence-electron chi connectivity index (χ4n) is 1.72. The molecule has 3 N–H and O–H groups in total. The molecule has 22 heavy (non-hydrogen) atoms. The third-order valence-corrected chi connectivity index (χ3v) is 2.87.